The molecule has 0 N–H and O–H groups in total. The molecule has 0 fully saturated rings. The highest BCUT2D eigenvalue weighted by atomic mass is 16.2. The summed E-state index contributed by atoms with van der Waals surface area (Å²) in [6, 6.07) is 0. The molecule has 0 aliphatic carbocycles. The second-order valence-corrected chi connectivity index (χ2v) is 6.63. The highest BCUT2D eigenvalue weighted by Gasteiger charge is 2.41. The molecule has 0 aliphatic heterocycles. The van der Waals surface area contributed by atoms with E-state index in [4.69, 9.17) is 0 Å². The summed E-state index contributed by atoms with van der Waals surface area (Å²) >= 11 is 0. The Hall–Kier alpha value is -0.660. The largest absolute Gasteiger partial charge is 0.299 e. The van der Waals surface area contributed by atoms with Crippen LogP contribution in [0.3, 0.4) is 0 Å². The summed E-state index contributed by atoms with van der Waals surface area (Å²) in [5, 5.41) is 0. The monoisotopic (exact) mass is 268 g/mol. The molecule has 0 radical (unpaired) electrons. The van der Waals surface area contributed by atoms with Gasteiger partial charge in [0.15, 0.2) is 0 Å². The van der Waals surface area contributed by atoms with Gasteiger partial charge in [0.05, 0.1) is 5.92 Å². The highest BCUT2D eigenvalue weighted by Crippen LogP contribution is 2.34. The van der Waals surface area contributed by atoms with E-state index in [1.54, 1.807) is 0 Å². The van der Waals surface area contributed by atoms with Crippen LogP contribution in [0.4, 0.5) is 0 Å². The Bertz CT molecular complexity index is 267. The zero-order valence-electron chi connectivity index (χ0n) is 13.9. The third kappa shape index (κ3) is 4.74. The van der Waals surface area contributed by atoms with Crippen LogP contribution in [0.25, 0.3) is 0 Å². The van der Waals surface area contributed by atoms with E-state index in [1.165, 1.54) is 0 Å². The van der Waals surface area contributed by atoms with Crippen molar-refractivity contribution in [2.75, 3.05) is 0 Å². The van der Waals surface area contributed by atoms with Crippen LogP contribution in [0.1, 0.15) is 74.1 Å². The van der Waals surface area contributed by atoms with Gasteiger partial charge in [-0.15, -0.1) is 0 Å². The topological polar surface area (TPSA) is 34.1 Å². The Morgan fingerprint density at radius 2 is 1.00 bits per heavy atom. The van der Waals surface area contributed by atoms with Gasteiger partial charge >= 0.3 is 0 Å². The van der Waals surface area contributed by atoms with E-state index in [0.29, 0.717) is 0 Å². The fourth-order valence-corrected chi connectivity index (χ4v) is 2.85. The standard InChI is InChI=1S/C17H32O2/c1-8-12(9-2)15(18)14(17(5,6)7)16(19)13(10-3)11-4/h12-14H,8-11H2,1-7H3. The molecular formula is C17H32O2. The second kappa shape index (κ2) is 7.81. The average molecular weight is 268 g/mol. The summed E-state index contributed by atoms with van der Waals surface area (Å²) < 4.78 is 0. The first-order valence-electron chi connectivity index (χ1n) is 7.81. The van der Waals surface area contributed by atoms with E-state index in [2.05, 4.69) is 0 Å². The van der Waals surface area contributed by atoms with Crippen molar-refractivity contribution in [3.63, 3.8) is 0 Å². The predicted octanol–water partition coefficient (Wildman–Crippen LogP) is 4.66. The van der Waals surface area contributed by atoms with E-state index in [0.717, 1.165) is 25.7 Å². The highest BCUT2D eigenvalue weighted by molar-refractivity contribution is 6.04. The molecule has 0 aromatic heterocycles. The van der Waals surface area contributed by atoms with Crippen molar-refractivity contribution in [1.82, 2.24) is 0 Å². The van der Waals surface area contributed by atoms with Gasteiger partial charge in [0.2, 0.25) is 0 Å². The maximum absolute atomic E-state index is 12.7. The van der Waals surface area contributed by atoms with Crippen LogP contribution in [-0.2, 0) is 9.59 Å². The van der Waals surface area contributed by atoms with Crippen LogP contribution < -0.4 is 0 Å². The number of hydrogen-bond donors (Lipinski definition) is 0. The number of carbonyl (C=O) groups excluding carboxylic acids is 2. The van der Waals surface area contributed by atoms with Crippen LogP contribution in [-0.4, -0.2) is 11.6 Å². The fourth-order valence-electron chi connectivity index (χ4n) is 2.85. The van der Waals surface area contributed by atoms with Gasteiger partial charge in [0.25, 0.3) is 0 Å². The van der Waals surface area contributed by atoms with Crippen molar-refractivity contribution in [3.05, 3.63) is 0 Å². The molecule has 0 aliphatic rings. The molecule has 19 heavy (non-hydrogen) atoms. The van der Waals surface area contributed by atoms with Gasteiger partial charge in [-0.05, 0) is 31.1 Å². The first kappa shape index (κ1) is 18.3. The van der Waals surface area contributed by atoms with E-state index < -0.39 is 5.92 Å². The molecular weight excluding hydrogens is 236 g/mol. The molecule has 0 bridgehead atoms. The number of Topliss-reactive ketones (excluding diaryl/α,β-unsaturated/α-hetero) is 2. The lowest BCUT2D eigenvalue weighted by molar-refractivity contribution is -0.142. The summed E-state index contributed by atoms with van der Waals surface area (Å²) in [6.07, 6.45) is 3.33. The molecule has 0 saturated carbocycles. The molecule has 0 aromatic carbocycles. The zero-order valence-corrected chi connectivity index (χ0v) is 13.9. The smallest absolute Gasteiger partial charge is 0.146 e. The number of rotatable bonds is 8. The molecule has 0 aromatic rings. The minimum atomic E-state index is -0.442. The van der Waals surface area contributed by atoms with Crippen LogP contribution in [0.2, 0.25) is 0 Å². The van der Waals surface area contributed by atoms with Gasteiger partial charge in [-0.2, -0.15) is 0 Å². The minimum absolute atomic E-state index is 0.0301. The molecule has 0 atom stereocenters. The molecule has 0 rings (SSSR count). The molecule has 0 unspecified atom stereocenters. The van der Waals surface area contributed by atoms with E-state index in [1.807, 2.05) is 48.5 Å². The zero-order chi connectivity index (χ0) is 15.2. The van der Waals surface area contributed by atoms with Crippen molar-refractivity contribution < 1.29 is 9.59 Å². The molecule has 0 saturated heterocycles. The van der Waals surface area contributed by atoms with Gasteiger partial charge in [-0.1, -0.05) is 48.5 Å². The second-order valence-electron chi connectivity index (χ2n) is 6.63. The van der Waals surface area contributed by atoms with E-state index >= 15 is 0 Å². The summed E-state index contributed by atoms with van der Waals surface area (Å²) in [5.41, 5.74) is -0.278. The van der Waals surface area contributed by atoms with Crippen molar-refractivity contribution in [2.24, 2.45) is 23.2 Å². The average Bonchev–Trinajstić information content (AvgIpc) is 2.30. The van der Waals surface area contributed by atoms with Gasteiger partial charge in [-0.3, -0.25) is 9.59 Å². The maximum Gasteiger partial charge on any atom is 0.146 e. The third-order valence-electron chi connectivity index (χ3n) is 4.21. The van der Waals surface area contributed by atoms with Crippen molar-refractivity contribution in [3.8, 4) is 0 Å². The first-order valence-corrected chi connectivity index (χ1v) is 7.81. The van der Waals surface area contributed by atoms with Gasteiger partial charge < -0.3 is 0 Å². The predicted molar refractivity (Wildman–Crippen MR) is 81.1 cm³/mol. The van der Waals surface area contributed by atoms with Gasteiger partial charge in [0.1, 0.15) is 11.6 Å². The fraction of sp³-hybridized carbons (Fsp3) is 0.882. The summed E-state index contributed by atoms with van der Waals surface area (Å²) in [5.74, 6) is -0.0591. The van der Waals surface area contributed by atoms with Gasteiger partial charge in [-0.25, -0.2) is 0 Å². The van der Waals surface area contributed by atoms with Crippen LogP contribution in [0, 0.1) is 23.2 Å². The Labute approximate surface area is 119 Å². The number of ketones is 2. The lowest BCUT2D eigenvalue weighted by Gasteiger charge is -2.33. The van der Waals surface area contributed by atoms with Crippen LogP contribution >= 0.6 is 0 Å². The molecule has 2 nitrogen and oxygen atoms in total. The van der Waals surface area contributed by atoms with E-state index in [9.17, 15) is 9.59 Å². The number of hydrogen-bond acceptors (Lipinski definition) is 2. The maximum atomic E-state index is 12.7. The minimum Gasteiger partial charge on any atom is -0.299 e. The van der Waals surface area contributed by atoms with E-state index in [-0.39, 0.29) is 28.8 Å². The number of carbonyl (C=O) groups is 2. The third-order valence-corrected chi connectivity index (χ3v) is 4.21. The molecule has 0 heterocycles. The summed E-state index contributed by atoms with van der Waals surface area (Å²) in [6.45, 7) is 14.2. The lowest BCUT2D eigenvalue weighted by Crippen LogP contribution is -2.41. The molecule has 2 heteroatoms. The van der Waals surface area contributed by atoms with Crippen molar-refractivity contribution in [2.45, 2.75) is 74.1 Å². The summed E-state index contributed by atoms with van der Waals surface area (Å²) in [7, 11) is 0. The van der Waals surface area contributed by atoms with Gasteiger partial charge in [0, 0.05) is 11.8 Å². The van der Waals surface area contributed by atoms with Crippen molar-refractivity contribution in [1.29, 1.82) is 0 Å². The molecule has 0 amide bonds. The molecule has 0 spiro atoms. The normalized spacial score (nSPS) is 12.5. The molecule has 112 valence electrons. The quantitative estimate of drug-likeness (QED) is 0.600. The summed E-state index contributed by atoms with van der Waals surface area (Å²) in [4.78, 5) is 25.4. The van der Waals surface area contributed by atoms with Crippen LogP contribution in [0.5, 0.6) is 0 Å². The Kier molecular flexibility index (Phi) is 7.54. The Balaban J connectivity index is 5.35. The Morgan fingerprint density at radius 1 is 0.737 bits per heavy atom. The first-order chi connectivity index (χ1) is 8.74. The SMILES string of the molecule is CCC(CC)C(=O)C(C(=O)C(CC)CC)C(C)(C)C. The van der Waals surface area contributed by atoms with Crippen molar-refractivity contribution >= 4 is 11.6 Å². The van der Waals surface area contributed by atoms with Crippen LogP contribution in [0.15, 0.2) is 0 Å². The Morgan fingerprint density at radius 3 is 1.16 bits per heavy atom. The lowest BCUT2D eigenvalue weighted by atomic mass is 9.68.